The fourth-order valence-corrected chi connectivity index (χ4v) is 2.90. The van der Waals surface area contributed by atoms with E-state index in [-0.39, 0.29) is 12.6 Å². The third-order valence-electron chi connectivity index (χ3n) is 3.87. The lowest BCUT2D eigenvalue weighted by Gasteiger charge is -2.21. The number of hydrogen-bond acceptors (Lipinski definition) is 2. The quantitative estimate of drug-likeness (QED) is 0.877. The predicted octanol–water partition coefficient (Wildman–Crippen LogP) is 2.48. The van der Waals surface area contributed by atoms with Crippen molar-refractivity contribution < 1.29 is 5.11 Å². The van der Waals surface area contributed by atoms with Crippen LogP contribution in [0.2, 0.25) is 0 Å². The van der Waals surface area contributed by atoms with E-state index in [1.807, 2.05) is 18.2 Å². The summed E-state index contributed by atoms with van der Waals surface area (Å²) >= 11 is 0. The number of aliphatic hydroxyl groups excluding tert-OH is 1. The fourth-order valence-electron chi connectivity index (χ4n) is 2.90. The summed E-state index contributed by atoms with van der Waals surface area (Å²) in [5.41, 5.74) is 4.02. The summed E-state index contributed by atoms with van der Waals surface area (Å²) in [5, 5.41) is 13.2. The Kier molecular flexibility index (Phi) is 3.62. The van der Waals surface area contributed by atoms with Crippen molar-refractivity contribution in [3.63, 3.8) is 0 Å². The molecule has 19 heavy (non-hydrogen) atoms. The molecule has 0 saturated carbocycles. The van der Waals surface area contributed by atoms with Crippen LogP contribution in [0.15, 0.2) is 54.6 Å². The van der Waals surface area contributed by atoms with Gasteiger partial charge in [0.25, 0.3) is 0 Å². The first-order chi connectivity index (χ1) is 9.36. The molecule has 3 rings (SSSR count). The maximum absolute atomic E-state index is 9.59. The van der Waals surface area contributed by atoms with Crippen LogP contribution in [0.5, 0.6) is 0 Å². The van der Waals surface area contributed by atoms with Gasteiger partial charge in [-0.25, -0.2) is 0 Å². The van der Waals surface area contributed by atoms with E-state index in [0.29, 0.717) is 6.04 Å². The Morgan fingerprint density at radius 2 is 1.53 bits per heavy atom. The third kappa shape index (κ3) is 2.70. The highest BCUT2D eigenvalue weighted by Crippen LogP contribution is 2.24. The van der Waals surface area contributed by atoms with E-state index in [1.54, 1.807) is 0 Å². The highest BCUT2D eigenvalue weighted by molar-refractivity contribution is 5.33. The topological polar surface area (TPSA) is 32.3 Å². The molecule has 1 aliphatic carbocycles. The van der Waals surface area contributed by atoms with Crippen LogP contribution in [0, 0.1) is 0 Å². The molecule has 0 radical (unpaired) electrons. The monoisotopic (exact) mass is 253 g/mol. The van der Waals surface area contributed by atoms with E-state index in [0.717, 1.165) is 18.4 Å². The molecule has 1 atom stereocenters. The van der Waals surface area contributed by atoms with Crippen molar-refractivity contribution in [2.24, 2.45) is 0 Å². The Balaban J connectivity index is 1.69. The van der Waals surface area contributed by atoms with Crippen molar-refractivity contribution in [2.75, 3.05) is 6.61 Å². The number of nitrogens with one attached hydrogen (secondary N) is 1. The maximum Gasteiger partial charge on any atom is 0.0626 e. The van der Waals surface area contributed by atoms with Gasteiger partial charge in [0.15, 0.2) is 0 Å². The van der Waals surface area contributed by atoms with E-state index < -0.39 is 0 Å². The molecule has 1 aliphatic rings. The van der Waals surface area contributed by atoms with Gasteiger partial charge in [-0.3, -0.25) is 0 Å². The van der Waals surface area contributed by atoms with Gasteiger partial charge < -0.3 is 10.4 Å². The zero-order chi connectivity index (χ0) is 13.1. The molecule has 2 N–H and O–H groups in total. The molecule has 0 saturated heterocycles. The minimum atomic E-state index is 0.0283. The van der Waals surface area contributed by atoms with Gasteiger partial charge in [0.2, 0.25) is 0 Å². The average molecular weight is 253 g/mol. The average Bonchev–Trinajstić information content (AvgIpc) is 2.88. The second-order valence-electron chi connectivity index (χ2n) is 5.19. The lowest BCUT2D eigenvalue weighted by Crippen LogP contribution is -2.35. The van der Waals surface area contributed by atoms with E-state index in [4.69, 9.17) is 0 Å². The maximum atomic E-state index is 9.59. The SMILES string of the molecule is OC[C@H](NC1Cc2ccccc2C1)c1ccccc1. The molecule has 0 spiro atoms. The number of hydrogen-bond donors (Lipinski definition) is 2. The van der Waals surface area contributed by atoms with Crippen LogP contribution in [-0.4, -0.2) is 17.8 Å². The second-order valence-corrected chi connectivity index (χ2v) is 5.19. The Morgan fingerprint density at radius 3 is 2.11 bits per heavy atom. The molecule has 2 heteroatoms. The Morgan fingerprint density at radius 1 is 0.947 bits per heavy atom. The number of benzene rings is 2. The Bertz CT molecular complexity index is 513. The fraction of sp³-hybridized carbons (Fsp3) is 0.294. The Labute approximate surface area is 114 Å². The van der Waals surface area contributed by atoms with Gasteiger partial charge in [-0.15, -0.1) is 0 Å². The van der Waals surface area contributed by atoms with Crippen LogP contribution in [0.1, 0.15) is 22.7 Å². The van der Waals surface area contributed by atoms with Gasteiger partial charge in [0, 0.05) is 6.04 Å². The predicted molar refractivity (Wildman–Crippen MR) is 77.0 cm³/mol. The molecule has 0 aromatic heterocycles. The van der Waals surface area contributed by atoms with Gasteiger partial charge in [-0.1, -0.05) is 54.6 Å². The first-order valence-corrected chi connectivity index (χ1v) is 6.85. The first kappa shape index (κ1) is 12.4. The number of fused-ring (bicyclic) bond motifs is 1. The molecule has 0 fully saturated rings. The van der Waals surface area contributed by atoms with Crippen LogP contribution in [0.25, 0.3) is 0 Å². The van der Waals surface area contributed by atoms with Gasteiger partial charge in [0.1, 0.15) is 0 Å². The molecule has 2 aromatic carbocycles. The summed E-state index contributed by atoms with van der Waals surface area (Å²) < 4.78 is 0. The number of rotatable bonds is 4. The van der Waals surface area contributed by atoms with Crippen molar-refractivity contribution in [3.8, 4) is 0 Å². The van der Waals surface area contributed by atoms with Crippen molar-refractivity contribution in [1.29, 1.82) is 0 Å². The molecule has 98 valence electrons. The van der Waals surface area contributed by atoms with Gasteiger partial charge in [0.05, 0.1) is 12.6 Å². The summed E-state index contributed by atoms with van der Waals surface area (Å²) in [6.07, 6.45) is 2.11. The summed E-state index contributed by atoms with van der Waals surface area (Å²) in [7, 11) is 0. The molecular weight excluding hydrogens is 234 g/mol. The lowest BCUT2D eigenvalue weighted by molar-refractivity contribution is 0.233. The molecule has 0 heterocycles. The lowest BCUT2D eigenvalue weighted by atomic mass is 10.1. The van der Waals surface area contributed by atoms with E-state index in [2.05, 4.69) is 41.7 Å². The van der Waals surface area contributed by atoms with Crippen molar-refractivity contribution in [2.45, 2.75) is 24.9 Å². The van der Waals surface area contributed by atoms with Crippen LogP contribution < -0.4 is 5.32 Å². The van der Waals surface area contributed by atoms with E-state index in [9.17, 15) is 5.11 Å². The molecule has 2 nitrogen and oxygen atoms in total. The number of aliphatic hydroxyl groups is 1. The van der Waals surface area contributed by atoms with Crippen LogP contribution in [-0.2, 0) is 12.8 Å². The summed E-state index contributed by atoms with van der Waals surface area (Å²) in [5.74, 6) is 0. The normalized spacial score (nSPS) is 16.3. The molecule has 0 unspecified atom stereocenters. The second kappa shape index (κ2) is 5.55. The highest BCUT2D eigenvalue weighted by Gasteiger charge is 2.23. The molecule has 0 amide bonds. The third-order valence-corrected chi connectivity index (χ3v) is 3.87. The zero-order valence-electron chi connectivity index (χ0n) is 10.9. The van der Waals surface area contributed by atoms with Gasteiger partial charge >= 0.3 is 0 Å². The van der Waals surface area contributed by atoms with Crippen LogP contribution >= 0.6 is 0 Å². The zero-order valence-corrected chi connectivity index (χ0v) is 10.9. The van der Waals surface area contributed by atoms with Gasteiger partial charge in [-0.05, 0) is 29.5 Å². The largest absolute Gasteiger partial charge is 0.394 e. The minimum Gasteiger partial charge on any atom is -0.394 e. The molecule has 0 bridgehead atoms. The summed E-state index contributed by atoms with van der Waals surface area (Å²) in [6.45, 7) is 0.136. The summed E-state index contributed by atoms with van der Waals surface area (Å²) in [4.78, 5) is 0. The van der Waals surface area contributed by atoms with Crippen molar-refractivity contribution in [1.82, 2.24) is 5.32 Å². The highest BCUT2D eigenvalue weighted by atomic mass is 16.3. The molecule has 0 aliphatic heterocycles. The molecular formula is C17H19NO. The van der Waals surface area contributed by atoms with Gasteiger partial charge in [-0.2, -0.15) is 0 Å². The summed E-state index contributed by atoms with van der Waals surface area (Å²) in [6, 6.07) is 19.2. The first-order valence-electron chi connectivity index (χ1n) is 6.85. The smallest absolute Gasteiger partial charge is 0.0626 e. The van der Waals surface area contributed by atoms with E-state index in [1.165, 1.54) is 11.1 Å². The van der Waals surface area contributed by atoms with Crippen LogP contribution in [0.4, 0.5) is 0 Å². The standard InChI is InChI=1S/C17H19NO/c19-12-17(13-6-2-1-3-7-13)18-16-10-14-8-4-5-9-15(14)11-16/h1-9,16-19H,10-12H2/t17-/m0/s1. The minimum absolute atomic E-state index is 0.0283. The van der Waals surface area contributed by atoms with E-state index >= 15 is 0 Å². The molecule has 2 aromatic rings. The van der Waals surface area contributed by atoms with Crippen LogP contribution in [0.3, 0.4) is 0 Å². The van der Waals surface area contributed by atoms with Crippen molar-refractivity contribution >= 4 is 0 Å². The Hall–Kier alpha value is -1.64. The van der Waals surface area contributed by atoms with Crippen molar-refractivity contribution in [3.05, 3.63) is 71.3 Å².